The van der Waals surface area contributed by atoms with Gasteiger partial charge in [-0.1, -0.05) is 18.2 Å². The fourth-order valence-corrected chi connectivity index (χ4v) is 2.80. The molecule has 0 spiro atoms. The average Bonchev–Trinajstić information content (AvgIpc) is 2.55. The van der Waals surface area contributed by atoms with Crippen LogP contribution in [0.2, 0.25) is 0 Å². The molecule has 0 radical (unpaired) electrons. The van der Waals surface area contributed by atoms with E-state index in [1.165, 1.54) is 0 Å². The molecule has 1 aliphatic rings. The van der Waals surface area contributed by atoms with Crippen molar-refractivity contribution in [2.24, 2.45) is 0 Å². The van der Waals surface area contributed by atoms with Crippen LogP contribution in [-0.2, 0) is 9.53 Å². The zero-order valence-electron chi connectivity index (χ0n) is 16.1. The van der Waals surface area contributed by atoms with Crippen molar-refractivity contribution in [1.82, 2.24) is 15.2 Å². The summed E-state index contributed by atoms with van der Waals surface area (Å²) in [7, 11) is 0. The predicted molar refractivity (Wildman–Crippen MR) is 102 cm³/mol. The number of carbonyl (C=O) groups excluding carboxylic acids is 2. The second-order valence-electron chi connectivity index (χ2n) is 7.69. The van der Waals surface area contributed by atoms with Gasteiger partial charge < -0.3 is 19.7 Å². The Hall–Kier alpha value is -2.83. The summed E-state index contributed by atoms with van der Waals surface area (Å²) < 4.78 is 11.0. The topological polar surface area (TPSA) is 80.8 Å². The SMILES string of the molecule is CC(NC(=O)OC(C)(C)C)C(=O)N1CC(Oc2ccc3ccccc3n2)C1. The van der Waals surface area contributed by atoms with Crippen molar-refractivity contribution < 1.29 is 19.1 Å². The number of benzene rings is 1. The molecule has 27 heavy (non-hydrogen) atoms. The number of likely N-dealkylation sites (tertiary alicyclic amines) is 1. The maximum Gasteiger partial charge on any atom is 0.408 e. The summed E-state index contributed by atoms with van der Waals surface area (Å²) in [5, 5.41) is 3.62. The quantitative estimate of drug-likeness (QED) is 0.894. The fraction of sp³-hybridized carbons (Fsp3) is 0.450. The van der Waals surface area contributed by atoms with Crippen molar-refractivity contribution in [1.29, 1.82) is 0 Å². The van der Waals surface area contributed by atoms with Crippen LogP contribution in [0.3, 0.4) is 0 Å². The van der Waals surface area contributed by atoms with Crippen molar-refractivity contribution in [3.05, 3.63) is 36.4 Å². The zero-order valence-corrected chi connectivity index (χ0v) is 16.1. The van der Waals surface area contributed by atoms with Crippen LogP contribution in [0.4, 0.5) is 4.79 Å². The van der Waals surface area contributed by atoms with Gasteiger partial charge in [0.15, 0.2) is 0 Å². The lowest BCUT2D eigenvalue weighted by Gasteiger charge is -2.40. The average molecular weight is 371 g/mol. The lowest BCUT2D eigenvalue weighted by Crippen LogP contribution is -2.60. The molecule has 144 valence electrons. The number of carbonyl (C=O) groups is 2. The number of hydrogen-bond acceptors (Lipinski definition) is 5. The third-order valence-electron chi connectivity index (χ3n) is 4.12. The van der Waals surface area contributed by atoms with E-state index in [-0.39, 0.29) is 12.0 Å². The smallest absolute Gasteiger partial charge is 0.408 e. The molecule has 7 nitrogen and oxygen atoms in total. The molecule has 1 aromatic carbocycles. The van der Waals surface area contributed by atoms with Crippen molar-refractivity contribution in [2.45, 2.75) is 45.4 Å². The van der Waals surface area contributed by atoms with Crippen LogP contribution in [0.15, 0.2) is 36.4 Å². The summed E-state index contributed by atoms with van der Waals surface area (Å²) >= 11 is 0. The molecule has 3 rings (SSSR count). The molecule has 7 heteroatoms. The Morgan fingerprint density at radius 2 is 1.89 bits per heavy atom. The molecule has 2 amide bonds. The zero-order chi connectivity index (χ0) is 19.6. The first kappa shape index (κ1) is 18.9. The minimum Gasteiger partial charge on any atom is -0.471 e. The van der Waals surface area contributed by atoms with Crippen LogP contribution < -0.4 is 10.1 Å². The monoisotopic (exact) mass is 371 g/mol. The number of fused-ring (bicyclic) bond motifs is 1. The highest BCUT2D eigenvalue weighted by molar-refractivity contribution is 5.86. The van der Waals surface area contributed by atoms with E-state index in [2.05, 4.69) is 10.3 Å². The van der Waals surface area contributed by atoms with Gasteiger partial charge in [-0.05, 0) is 39.8 Å². The number of pyridine rings is 1. The molecule has 2 aromatic rings. The number of ether oxygens (including phenoxy) is 2. The van der Waals surface area contributed by atoms with Crippen LogP contribution in [0.5, 0.6) is 5.88 Å². The Morgan fingerprint density at radius 1 is 1.19 bits per heavy atom. The Morgan fingerprint density at radius 3 is 2.59 bits per heavy atom. The summed E-state index contributed by atoms with van der Waals surface area (Å²) in [6.07, 6.45) is -0.701. The Kier molecular flexibility index (Phi) is 5.21. The number of hydrogen-bond donors (Lipinski definition) is 1. The van der Waals surface area contributed by atoms with Crippen molar-refractivity contribution in [3.8, 4) is 5.88 Å². The predicted octanol–water partition coefficient (Wildman–Crippen LogP) is 2.74. The molecular formula is C20H25N3O4. The lowest BCUT2D eigenvalue weighted by molar-refractivity contribution is -0.142. The number of alkyl carbamates (subject to hydrolysis) is 1. The van der Waals surface area contributed by atoms with Crippen LogP contribution in [0.1, 0.15) is 27.7 Å². The van der Waals surface area contributed by atoms with Gasteiger partial charge in [0.25, 0.3) is 0 Å². The van der Waals surface area contributed by atoms with Crippen molar-refractivity contribution in [2.75, 3.05) is 13.1 Å². The van der Waals surface area contributed by atoms with Gasteiger partial charge in [-0.2, -0.15) is 0 Å². The first-order chi connectivity index (χ1) is 12.7. The minimum absolute atomic E-state index is 0.101. The standard InChI is InChI=1S/C20H25N3O4/c1-13(21-19(25)27-20(2,3)4)18(24)23-11-15(12-23)26-17-10-9-14-7-5-6-8-16(14)22-17/h5-10,13,15H,11-12H2,1-4H3,(H,21,25). The minimum atomic E-state index is -0.653. The lowest BCUT2D eigenvalue weighted by atomic mass is 10.1. The third-order valence-corrected chi connectivity index (χ3v) is 4.12. The number of nitrogens with one attached hydrogen (secondary N) is 1. The molecule has 1 N–H and O–H groups in total. The summed E-state index contributed by atoms with van der Waals surface area (Å²) in [6, 6.07) is 11.0. The highest BCUT2D eigenvalue weighted by Gasteiger charge is 2.35. The molecule has 1 aliphatic heterocycles. The summed E-state index contributed by atoms with van der Waals surface area (Å²) in [6.45, 7) is 7.90. The van der Waals surface area contributed by atoms with Crippen molar-refractivity contribution >= 4 is 22.9 Å². The second-order valence-corrected chi connectivity index (χ2v) is 7.69. The molecule has 1 fully saturated rings. The van der Waals surface area contributed by atoms with Gasteiger partial charge in [-0.25, -0.2) is 9.78 Å². The largest absolute Gasteiger partial charge is 0.471 e. The Bertz CT molecular complexity index is 840. The van der Waals surface area contributed by atoms with Gasteiger partial charge in [-0.15, -0.1) is 0 Å². The van der Waals surface area contributed by atoms with Crippen LogP contribution in [0.25, 0.3) is 10.9 Å². The van der Waals surface area contributed by atoms with Gasteiger partial charge >= 0.3 is 6.09 Å². The first-order valence-corrected chi connectivity index (χ1v) is 9.02. The maximum absolute atomic E-state index is 12.4. The molecule has 1 saturated heterocycles. The molecule has 1 aromatic heterocycles. The molecule has 2 heterocycles. The first-order valence-electron chi connectivity index (χ1n) is 9.02. The molecule has 1 unspecified atom stereocenters. The van der Waals surface area contributed by atoms with E-state index in [1.54, 1.807) is 32.6 Å². The van der Waals surface area contributed by atoms with Crippen LogP contribution in [0, 0.1) is 0 Å². The fourth-order valence-electron chi connectivity index (χ4n) is 2.80. The number of amides is 2. The van der Waals surface area contributed by atoms with E-state index < -0.39 is 17.7 Å². The van der Waals surface area contributed by atoms with Gasteiger partial charge in [0.1, 0.15) is 17.7 Å². The van der Waals surface area contributed by atoms with Gasteiger partial charge in [-0.3, -0.25) is 4.79 Å². The van der Waals surface area contributed by atoms with E-state index in [1.807, 2.05) is 36.4 Å². The summed E-state index contributed by atoms with van der Waals surface area (Å²) in [4.78, 5) is 30.3. The molecule has 0 aliphatic carbocycles. The third kappa shape index (κ3) is 4.87. The molecule has 0 saturated carbocycles. The Labute approximate surface area is 158 Å². The summed E-state index contributed by atoms with van der Waals surface area (Å²) in [5.74, 6) is 0.387. The molecule has 1 atom stereocenters. The van der Waals surface area contributed by atoms with E-state index in [4.69, 9.17) is 9.47 Å². The number of aromatic nitrogens is 1. The van der Waals surface area contributed by atoms with Crippen molar-refractivity contribution in [3.63, 3.8) is 0 Å². The van der Waals surface area contributed by atoms with Crippen LogP contribution >= 0.6 is 0 Å². The van der Waals surface area contributed by atoms with E-state index in [0.717, 1.165) is 10.9 Å². The molecule has 0 bridgehead atoms. The van der Waals surface area contributed by atoms with Gasteiger partial charge in [0, 0.05) is 11.5 Å². The maximum atomic E-state index is 12.4. The summed E-state index contributed by atoms with van der Waals surface area (Å²) in [5.41, 5.74) is 0.271. The number of para-hydroxylation sites is 1. The van der Waals surface area contributed by atoms with Crippen LogP contribution in [-0.4, -0.2) is 52.7 Å². The number of nitrogens with zero attached hydrogens (tertiary/aromatic N) is 2. The normalized spacial score (nSPS) is 15.8. The Balaban J connectivity index is 1.48. The van der Waals surface area contributed by atoms with Gasteiger partial charge in [0.05, 0.1) is 18.6 Å². The van der Waals surface area contributed by atoms with E-state index >= 15 is 0 Å². The van der Waals surface area contributed by atoms with Gasteiger partial charge in [0.2, 0.25) is 11.8 Å². The molecular weight excluding hydrogens is 346 g/mol. The highest BCUT2D eigenvalue weighted by atomic mass is 16.6. The van der Waals surface area contributed by atoms with E-state index in [0.29, 0.717) is 19.0 Å². The second kappa shape index (κ2) is 7.42. The van der Waals surface area contributed by atoms with E-state index in [9.17, 15) is 9.59 Å². The highest BCUT2D eigenvalue weighted by Crippen LogP contribution is 2.20. The number of rotatable bonds is 4.